The Morgan fingerprint density at radius 3 is 2.50 bits per heavy atom. The third-order valence-electron chi connectivity index (χ3n) is 1.76. The van der Waals surface area contributed by atoms with E-state index in [1.54, 1.807) is 0 Å². The molecule has 3 nitrogen and oxygen atoms in total. The fraction of sp³-hybridized carbons (Fsp3) is 0.833. The van der Waals surface area contributed by atoms with Crippen molar-refractivity contribution in [1.29, 1.82) is 5.26 Å². The van der Waals surface area contributed by atoms with Crippen molar-refractivity contribution in [2.75, 3.05) is 6.61 Å². The first-order chi connectivity index (χ1) is 5.42. The molecule has 1 aliphatic rings. The summed E-state index contributed by atoms with van der Waals surface area (Å²) < 4.78 is 40.3. The SMILES string of the molecule is N#CC1CCOC1(O)C(F)(F)F. The standard InChI is InChI=1S/C6H6F3NO2/c7-6(8,9)5(11)4(3-10)1-2-12-5/h4,11H,1-2H2. The number of hydrogen-bond acceptors (Lipinski definition) is 3. The van der Waals surface area contributed by atoms with E-state index in [-0.39, 0.29) is 13.0 Å². The molecular formula is C6H6F3NO2. The molecule has 0 spiro atoms. The molecule has 0 aromatic carbocycles. The molecule has 68 valence electrons. The molecule has 2 atom stereocenters. The Hall–Kier alpha value is -0.800. The lowest BCUT2D eigenvalue weighted by Gasteiger charge is -2.26. The van der Waals surface area contributed by atoms with Crippen molar-refractivity contribution >= 4 is 0 Å². The molecule has 0 aromatic heterocycles. The van der Waals surface area contributed by atoms with E-state index < -0.39 is 17.9 Å². The Bertz CT molecular complexity index is 222. The van der Waals surface area contributed by atoms with Gasteiger partial charge in [-0.25, -0.2) is 0 Å². The highest BCUT2D eigenvalue weighted by molar-refractivity contribution is 5.00. The Morgan fingerprint density at radius 1 is 1.58 bits per heavy atom. The molecule has 12 heavy (non-hydrogen) atoms. The Kier molecular flexibility index (Phi) is 2.02. The highest BCUT2D eigenvalue weighted by atomic mass is 19.4. The number of alkyl halides is 3. The van der Waals surface area contributed by atoms with Gasteiger partial charge in [0.05, 0.1) is 12.7 Å². The number of nitriles is 1. The van der Waals surface area contributed by atoms with Gasteiger partial charge in [0.15, 0.2) is 0 Å². The molecule has 0 bridgehead atoms. The fourth-order valence-corrected chi connectivity index (χ4v) is 1.06. The first-order valence-corrected chi connectivity index (χ1v) is 3.24. The van der Waals surface area contributed by atoms with Crippen LogP contribution in [-0.2, 0) is 4.74 Å². The summed E-state index contributed by atoms with van der Waals surface area (Å²) in [5.41, 5.74) is 0. The zero-order chi connectivity index (χ0) is 9.41. The summed E-state index contributed by atoms with van der Waals surface area (Å²) in [6.07, 6.45) is -4.99. The van der Waals surface area contributed by atoms with E-state index in [2.05, 4.69) is 4.74 Å². The largest absolute Gasteiger partial charge is 0.444 e. The quantitative estimate of drug-likeness (QED) is 0.601. The lowest BCUT2D eigenvalue weighted by atomic mass is 9.99. The van der Waals surface area contributed by atoms with Crippen molar-refractivity contribution in [2.45, 2.75) is 18.4 Å². The number of nitrogens with zero attached hydrogens (tertiary/aromatic N) is 1. The molecule has 0 saturated carbocycles. The lowest BCUT2D eigenvalue weighted by molar-refractivity contribution is -0.358. The van der Waals surface area contributed by atoms with Gasteiger partial charge in [-0.15, -0.1) is 0 Å². The number of rotatable bonds is 0. The van der Waals surface area contributed by atoms with Crippen LogP contribution >= 0.6 is 0 Å². The molecule has 1 rings (SSSR count). The molecule has 0 amide bonds. The van der Waals surface area contributed by atoms with E-state index in [0.717, 1.165) is 0 Å². The van der Waals surface area contributed by atoms with Gasteiger partial charge in [-0.05, 0) is 6.42 Å². The first-order valence-electron chi connectivity index (χ1n) is 3.24. The third-order valence-corrected chi connectivity index (χ3v) is 1.76. The van der Waals surface area contributed by atoms with E-state index in [9.17, 15) is 13.2 Å². The van der Waals surface area contributed by atoms with Crippen molar-refractivity contribution < 1.29 is 23.0 Å². The molecule has 1 fully saturated rings. The van der Waals surface area contributed by atoms with Crippen molar-refractivity contribution in [2.24, 2.45) is 5.92 Å². The van der Waals surface area contributed by atoms with Crippen molar-refractivity contribution in [1.82, 2.24) is 0 Å². The van der Waals surface area contributed by atoms with Crippen molar-refractivity contribution in [3.63, 3.8) is 0 Å². The Morgan fingerprint density at radius 2 is 2.17 bits per heavy atom. The maximum atomic E-state index is 12.1. The van der Waals surface area contributed by atoms with Gasteiger partial charge in [0.2, 0.25) is 0 Å². The van der Waals surface area contributed by atoms with Crippen LogP contribution in [0.15, 0.2) is 0 Å². The van der Waals surface area contributed by atoms with Crippen LogP contribution in [0.1, 0.15) is 6.42 Å². The fourth-order valence-electron chi connectivity index (χ4n) is 1.06. The van der Waals surface area contributed by atoms with Crippen molar-refractivity contribution in [3.05, 3.63) is 0 Å². The second-order valence-corrected chi connectivity index (χ2v) is 2.51. The van der Waals surface area contributed by atoms with Crippen LogP contribution in [-0.4, -0.2) is 23.7 Å². The number of hydrogen-bond donors (Lipinski definition) is 1. The predicted molar refractivity (Wildman–Crippen MR) is 30.7 cm³/mol. The van der Waals surface area contributed by atoms with E-state index in [1.807, 2.05) is 0 Å². The average Bonchev–Trinajstić information content (AvgIpc) is 2.30. The van der Waals surface area contributed by atoms with Crippen LogP contribution in [0.2, 0.25) is 0 Å². The number of halogens is 3. The Balaban J connectivity index is 2.91. The summed E-state index contributed by atoms with van der Waals surface area (Å²) in [5, 5.41) is 17.2. The molecular weight excluding hydrogens is 175 g/mol. The minimum Gasteiger partial charge on any atom is -0.357 e. The van der Waals surface area contributed by atoms with Crippen LogP contribution in [0.4, 0.5) is 13.2 Å². The second-order valence-electron chi connectivity index (χ2n) is 2.51. The van der Waals surface area contributed by atoms with Crippen LogP contribution in [0, 0.1) is 17.2 Å². The molecule has 1 aliphatic heterocycles. The van der Waals surface area contributed by atoms with Crippen LogP contribution in [0.25, 0.3) is 0 Å². The van der Waals surface area contributed by atoms with Gasteiger partial charge < -0.3 is 9.84 Å². The minimum absolute atomic E-state index is 0.0908. The summed E-state index contributed by atoms with van der Waals surface area (Å²) in [5.74, 6) is -4.78. The smallest absolute Gasteiger partial charge is 0.357 e. The molecule has 2 unspecified atom stereocenters. The van der Waals surface area contributed by atoms with Gasteiger partial charge >= 0.3 is 6.18 Å². The van der Waals surface area contributed by atoms with Gasteiger partial charge in [-0.2, -0.15) is 18.4 Å². The van der Waals surface area contributed by atoms with Gasteiger partial charge in [-0.1, -0.05) is 0 Å². The second kappa shape index (κ2) is 2.61. The average molecular weight is 181 g/mol. The lowest BCUT2D eigenvalue weighted by Crippen LogP contribution is -2.49. The summed E-state index contributed by atoms with van der Waals surface area (Å²) >= 11 is 0. The van der Waals surface area contributed by atoms with Crippen molar-refractivity contribution in [3.8, 4) is 6.07 Å². The van der Waals surface area contributed by atoms with Gasteiger partial charge in [-0.3, -0.25) is 0 Å². The number of ether oxygens (including phenoxy) is 1. The molecule has 0 aliphatic carbocycles. The molecule has 0 aromatic rings. The maximum Gasteiger partial charge on any atom is 0.444 e. The highest BCUT2D eigenvalue weighted by Gasteiger charge is 2.63. The molecule has 0 radical (unpaired) electrons. The van der Waals surface area contributed by atoms with Crippen LogP contribution in [0.5, 0.6) is 0 Å². The summed E-state index contributed by atoms with van der Waals surface area (Å²) in [7, 11) is 0. The molecule has 6 heteroatoms. The van der Waals surface area contributed by atoms with E-state index in [4.69, 9.17) is 10.4 Å². The zero-order valence-electron chi connectivity index (χ0n) is 5.93. The molecule has 1 heterocycles. The number of aliphatic hydroxyl groups is 1. The topological polar surface area (TPSA) is 53.2 Å². The van der Waals surface area contributed by atoms with E-state index in [1.165, 1.54) is 6.07 Å². The van der Waals surface area contributed by atoms with Crippen LogP contribution in [0.3, 0.4) is 0 Å². The summed E-state index contributed by atoms with van der Waals surface area (Å²) in [6, 6.07) is 1.37. The van der Waals surface area contributed by atoms with Gasteiger partial charge in [0.25, 0.3) is 5.79 Å². The third kappa shape index (κ3) is 1.15. The monoisotopic (exact) mass is 181 g/mol. The molecule has 1 saturated heterocycles. The predicted octanol–water partition coefficient (Wildman–Crippen LogP) is 0.797. The van der Waals surface area contributed by atoms with E-state index in [0.29, 0.717) is 0 Å². The Labute approximate surface area is 66.4 Å². The minimum atomic E-state index is -4.90. The maximum absolute atomic E-state index is 12.1. The van der Waals surface area contributed by atoms with Gasteiger partial charge in [0.1, 0.15) is 5.92 Å². The van der Waals surface area contributed by atoms with Gasteiger partial charge in [0, 0.05) is 0 Å². The zero-order valence-corrected chi connectivity index (χ0v) is 5.93. The summed E-state index contributed by atoms with van der Waals surface area (Å²) in [4.78, 5) is 0. The normalized spacial score (nSPS) is 36.4. The van der Waals surface area contributed by atoms with Crippen LogP contribution < -0.4 is 0 Å². The highest BCUT2D eigenvalue weighted by Crippen LogP contribution is 2.42. The molecule has 1 N–H and O–H groups in total. The first kappa shape index (κ1) is 9.29. The van der Waals surface area contributed by atoms with E-state index >= 15 is 0 Å². The summed E-state index contributed by atoms with van der Waals surface area (Å²) in [6.45, 7) is -0.242.